The number of hydrogen-bond donors (Lipinski definition) is 1. The van der Waals surface area contributed by atoms with Crippen molar-refractivity contribution in [2.45, 2.75) is 38.5 Å². The Morgan fingerprint density at radius 3 is 2.43 bits per heavy atom. The predicted octanol–water partition coefficient (Wildman–Crippen LogP) is 1.98. The fourth-order valence-electron chi connectivity index (χ4n) is 1.79. The van der Waals surface area contributed by atoms with Crippen molar-refractivity contribution in [3.05, 3.63) is 35.4 Å². The van der Waals surface area contributed by atoms with E-state index in [1.54, 1.807) is 27.8 Å². The number of aliphatic hydroxyl groups excluding tert-OH is 1. The van der Waals surface area contributed by atoms with Crippen LogP contribution in [0.3, 0.4) is 0 Å². The summed E-state index contributed by atoms with van der Waals surface area (Å²) in [6.45, 7) is 5.36. The Morgan fingerprint density at radius 2 is 1.86 bits per heavy atom. The van der Waals surface area contributed by atoms with Crippen molar-refractivity contribution in [1.29, 1.82) is 0 Å². The Kier molecular flexibility index (Phi) is 5.97. The van der Waals surface area contributed by atoms with Crippen LogP contribution in [-0.4, -0.2) is 36.2 Å². The summed E-state index contributed by atoms with van der Waals surface area (Å²) in [5.41, 5.74) is 1.65. The van der Waals surface area contributed by atoms with Gasteiger partial charge in [-0.15, -0.1) is 0 Å². The summed E-state index contributed by atoms with van der Waals surface area (Å²) in [4.78, 5) is 0. The first-order valence-corrected chi connectivity index (χ1v) is 8.27. The van der Waals surface area contributed by atoms with Crippen molar-refractivity contribution in [3.63, 3.8) is 0 Å². The molecule has 0 spiro atoms. The Balaban J connectivity index is 3.02. The summed E-state index contributed by atoms with van der Waals surface area (Å²) in [6.07, 6.45) is 0.407. The fourth-order valence-corrected chi connectivity index (χ4v) is 3.03. The maximum atomic E-state index is 12.4. The van der Waals surface area contributed by atoms with Gasteiger partial charge in [0.05, 0.1) is 11.4 Å². The summed E-state index contributed by atoms with van der Waals surface area (Å²) >= 11 is 0. The molecule has 0 amide bonds. The molecule has 0 aliphatic heterocycles. The fraction of sp³-hybridized carbons (Fsp3) is 0.500. The first-order chi connectivity index (χ1) is 9.70. The second-order valence-electron chi connectivity index (χ2n) is 5.81. The van der Waals surface area contributed by atoms with Crippen LogP contribution in [0.1, 0.15) is 38.3 Å². The maximum absolute atomic E-state index is 12.4. The van der Waals surface area contributed by atoms with Crippen LogP contribution in [0.15, 0.2) is 24.3 Å². The number of rotatable bonds is 4. The van der Waals surface area contributed by atoms with E-state index < -0.39 is 14.8 Å². The van der Waals surface area contributed by atoms with Gasteiger partial charge < -0.3 is 5.11 Å². The number of nitrogens with zero attached hydrogens (tertiary/aromatic N) is 1. The van der Waals surface area contributed by atoms with E-state index in [1.807, 2.05) is 24.3 Å². The monoisotopic (exact) mass is 309 g/mol. The molecule has 0 unspecified atom stereocenters. The van der Waals surface area contributed by atoms with Crippen molar-refractivity contribution >= 4 is 10.0 Å². The van der Waals surface area contributed by atoms with Crippen molar-refractivity contribution in [2.24, 2.45) is 0 Å². The minimum atomic E-state index is -3.37. The maximum Gasteiger partial charge on any atom is 0.219 e. The van der Waals surface area contributed by atoms with Gasteiger partial charge in [0.15, 0.2) is 0 Å². The minimum Gasteiger partial charge on any atom is -0.395 e. The highest BCUT2D eigenvalue weighted by molar-refractivity contribution is 7.90. The van der Waals surface area contributed by atoms with Crippen LogP contribution in [0, 0.1) is 11.8 Å². The van der Waals surface area contributed by atoms with Gasteiger partial charge in [-0.05, 0) is 32.4 Å². The smallest absolute Gasteiger partial charge is 0.219 e. The number of aliphatic hydroxyl groups is 1. The minimum absolute atomic E-state index is 0.0213. The first kappa shape index (κ1) is 17.7. The molecule has 0 saturated heterocycles. The van der Waals surface area contributed by atoms with Gasteiger partial charge in [0.2, 0.25) is 10.0 Å². The molecule has 1 N–H and O–H groups in total. The molecule has 0 aliphatic rings. The molecule has 0 saturated carbocycles. The molecule has 0 atom stereocenters. The van der Waals surface area contributed by atoms with Crippen molar-refractivity contribution in [3.8, 4) is 11.8 Å². The van der Waals surface area contributed by atoms with Crippen LogP contribution in [0.4, 0.5) is 0 Å². The van der Waals surface area contributed by atoms with Crippen LogP contribution >= 0.6 is 0 Å². The molecule has 116 valence electrons. The van der Waals surface area contributed by atoms with E-state index in [0.717, 1.165) is 11.1 Å². The van der Waals surface area contributed by atoms with Gasteiger partial charge in [-0.1, -0.05) is 30.0 Å². The van der Waals surface area contributed by atoms with Gasteiger partial charge in [0.1, 0.15) is 0 Å². The van der Waals surface area contributed by atoms with Crippen LogP contribution in [-0.2, 0) is 16.6 Å². The summed E-state index contributed by atoms with van der Waals surface area (Å²) in [6, 6.07) is 7.46. The van der Waals surface area contributed by atoms with Gasteiger partial charge in [0, 0.05) is 25.6 Å². The molecule has 1 aromatic carbocycles. The van der Waals surface area contributed by atoms with E-state index in [-0.39, 0.29) is 13.2 Å². The molecule has 4 nitrogen and oxygen atoms in total. The van der Waals surface area contributed by atoms with Gasteiger partial charge in [-0.3, -0.25) is 0 Å². The standard InChI is InChI=1S/C16H23NO3S/c1-16(2,3)21(19,20)17(4)13-15-11-6-5-9-14(15)10-7-8-12-18/h5-6,9,11,18H,8,12-13H2,1-4H3. The second kappa shape index (κ2) is 7.08. The zero-order valence-corrected chi connectivity index (χ0v) is 13.9. The van der Waals surface area contributed by atoms with E-state index in [9.17, 15) is 8.42 Å². The van der Waals surface area contributed by atoms with Gasteiger partial charge in [-0.2, -0.15) is 0 Å². The summed E-state index contributed by atoms with van der Waals surface area (Å²) < 4.78 is 25.3. The van der Waals surface area contributed by atoms with Crippen LogP contribution < -0.4 is 0 Å². The highest BCUT2D eigenvalue weighted by atomic mass is 32.2. The molecular weight excluding hydrogens is 286 g/mol. The van der Waals surface area contributed by atoms with E-state index in [2.05, 4.69) is 11.8 Å². The van der Waals surface area contributed by atoms with E-state index >= 15 is 0 Å². The second-order valence-corrected chi connectivity index (χ2v) is 8.60. The summed E-state index contributed by atoms with van der Waals surface area (Å²) in [7, 11) is -1.79. The zero-order chi connectivity index (χ0) is 16.1. The SMILES string of the molecule is CN(Cc1ccccc1C#CCCO)S(=O)(=O)C(C)(C)C. The number of hydrogen-bond acceptors (Lipinski definition) is 3. The Morgan fingerprint density at radius 1 is 1.24 bits per heavy atom. The van der Waals surface area contributed by atoms with Crippen molar-refractivity contribution < 1.29 is 13.5 Å². The van der Waals surface area contributed by atoms with Crippen LogP contribution in [0.25, 0.3) is 0 Å². The molecule has 0 aromatic heterocycles. The Labute approximate surface area is 127 Å². The van der Waals surface area contributed by atoms with Gasteiger partial charge >= 0.3 is 0 Å². The topological polar surface area (TPSA) is 57.6 Å². The highest BCUT2D eigenvalue weighted by Gasteiger charge is 2.33. The molecule has 0 bridgehead atoms. The van der Waals surface area contributed by atoms with Crippen molar-refractivity contribution in [1.82, 2.24) is 4.31 Å². The highest BCUT2D eigenvalue weighted by Crippen LogP contribution is 2.21. The lowest BCUT2D eigenvalue weighted by Crippen LogP contribution is -2.40. The molecule has 0 heterocycles. The largest absolute Gasteiger partial charge is 0.395 e. The Hall–Kier alpha value is -1.35. The van der Waals surface area contributed by atoms with Crippen LogP contribution in [0.2, 0.25) is 0 Å². The lowest BCUT2D eigenvalue weighted by molar-refractivity contribution is 0.305. The third-order valence-electron chi connectivity index (χ3n) is 3.05. The summed E-state index contributed by atoms with van der Waals surface area (Å²) in [5, 5.41) is 8.77. The molecule has 0 radical (unpaired) electrons. The van der Waals surface area contributed by atoms with E-state index in [4.69, 9.17) is 5.11 Å². The Bertz CT molecular complexity index is 633. The first-order valence-electron chi connectivity index (χ1n) is 6.83. The molecule has 5 heteroatoms. The lowest BCUT2D eigenvalue weighted by atomic mass is 10.1. The zero-order valence-electron chi connectivity index (χ0n) is 13.0. The van der Waals surface area contributed by atoms with E-state index in [1.165, 1.54) is 4.31 Å². The molecular formula is C16H23NO3S. The number of sulfonamides is 1. The van der Waals surface area contributed by atoms with Crippen molar-refractivity contribution in [2.75, 3.05) is 13.7 Å². The molecule has 0 aliphatic carbocycles. The number of benzene rings is 1. The quantitative estimate of drug-likeness (QED) is 0.865. The van der Waals surface area contributed by atoms with E-state index in [0.29, 0.717) is 6.42 Å². The molecule has 0 fully saturated rings. The average molecular weight is 309 g/mol. The normalized spacial score (nSPS) is 12.1. The molecule has 1 rings (SSSR count). The third kappa shape index (κ3) is 4.57. The summed E-state index contributed by atoms with van der Waals surface area (Å²) in [5.74, 6) is 5.84. The lowest BCUT2D eigenvalue weighted by Gasteiger charge is -2.27. The average Bonchev–Trinajstić information content (AvgIpc) is 2.39. The van der Waals surface area contributed by atoms with Gasteiger partial charge in [0.25, 0.3) is 0 Å². The molecule has 21 heavy (non-hydrogen) atoms. The van der Waals surface area contributed by atoms with Crippen LogP contribution in [0.5, 0.6) is 0 Å². The van der Waals surface area contributed by atoms with Gasteiger partial charge in [-0.25, -0.2) is 12.7 Å². The molecule has 1 aromatic rings. The predicted molar refractivity (Wildman–Crippen MR) is 85.2 cm³/mol. The third-order valence-corrected chi connectivity index (χ3v) is 5.55.